The summed E-state index contributed by atoms with van der Waals surface area (Å²) in [6, 6.07) is 56.7. The van der Waals surface area contributed by atoms with Crippen molar-refractivity contribution in [2.24, 2.45) is 34.5 Å². The van der Waals surface area contributed by atoms with Gasteiger partial charge in [-0.2, -0.15) is 0 Å². The summed E-state index contributed by atoms with van der Waals surface area (Å²) in [5.74, 6) is 2.05. The number of nitrogens with one attached hydrogen (secondary N) is 8. The summed E-state index contributed by atoms with van der Waals surface area (Å²) in [7, 11) is 5.10. The molecule has 12 aromatic rings. The number of fused-ring (bicyclic) bond motifs is 6. The largest absolute Gasteiger partial charge is 0.479 e. The van der Waals surface area contributed by atoms with Crippen LogP contribution in [0.2, 0.25) is 0 Å². The lowest BCUT2D eigenvalue weighted by atomic mass is 9.96. The summed E-state index contributed by atoms with van der Waals surface area (Å²) in [4.78, 5) is 155. The number of H-pyrrole nitrogens is 4. The van der Waals surface area contributed by atoms with Crippen LogP contribution in [-0.4, -0.2) is 190 Å². The first-order valence-electron chi connectivity index (χ1n) is 47.6. The van der Waals surface area contributed by atoms with E-state index in [1.807, 2.05) is 123 Å². The number of nitrogens with zero attached hydrogens (tertiary/aromatic N) is 8. The number of piperidine rings is 2. The molecule has 4 saturated carbocycles. The number of carbonyl (C=O) groups excluding carboxylic acids is 8. The van der Waals surface area contributed by atoms with Gasteiger partial charge in [-0.25, -0.2) is 48.7 Å². The van der Waals surface area contributed by atoms with Crippen molar-refractivity contribution in [3.05, 3.63) is 241 Å². The third-order valence-electron chi connectivity index (χ3n) is 28.9. The fourth-order valence-electron chi connectivity index (χ4n) is 21.3. The standard InChI is InChI=1S/C51H54N8O6.C46H53N7O5.C10H11NO4/c1-29(2)42(56-49(62)64-3)47(60)58-28-51(20-21-51)25-41(58)45-52-27-40(54-45)36-17-16-34-22-33(14-15-35(34)23-36)30-10-12-31(13-11-30)39-26-53-46(55-39)44-37-18-19-38(24-37)59(44)48(61)43(57-50(63)65-4)32-8-6-5-7-9-32;1-26(2)38(51-43(55)57-6)42(54)52-25-46(17-18-46)22-37(52)40-47-24-36(49-40)32-14-13-30-19-29(11-12-31(30)20-32)27-7-9-28(10-8-27)35-23-48-41(50-35)39-33-15-16-34(21-33)53(39)44(56)58-45(3,4)5;1-15-10(14)11-8(9(12)13)7-5-3-2-4-6-7/h5-17,22-23,26-27,29,37-38,41-44H,18-21,24-25,28H2,1-4H3,(H,52,54)(H,53,55)(H,56,62)(H,57,63);7-14,19-20,23-24,26,33-34,37-39H,15-18,21-22,25H2,1-6H3,(H,47,49)(H,48,50)(H,51,55);2-6,8H,1H3,(H,11,14)(H,12,13)/t37-,38+,41-,42-,43?,44-;33-,34+,37-,38-,39-;8-/m001/s1. The number of rotatable bonds is 22. The van der Waals surface area contributed by atoms with Gasteiger partial charge in [0.15, 0.2) is 6.04 Å². The van der Waals surface area contributed by atoms with E-state index in [2.05, 4.69) is 167 Å². The van der Waals surface area contributed by atoms with Gasteiger partial charge < -0.3 is 84.7 Å². The van der Waals surface area contributed by atoms with E-state index in [1.54, 1.807) is 30.3 Å². The minimum Gasteiger partial charge on any atom is -0.479 e. The van der Waals surface area contributed by atoms with Gasteiger partial charge in [0.25, 0.3) is 5.91 Å². The van der Waals surface area contributed by atoms with Gasteiger partial charge in [0.05, 0.1) is 100 Å². The van der Waals surface area contributed by atoms with E-state index in [1.165, 1.54) is 28.4 Å². The second-order valence-electron chi connectivity index (χ2n) is 39.8. The quantitative estimate of drug-likeness (QED) is 0.0285. The van der Waals surface area contributed by atoms with Gasteiger partial charge in [0, 0.05) is 36.3 Å². The molecule has 8 fully saturated rings. The molecule has 20 rings (SSSR count). The molecule has 4 bridgehead atoms. The number of carbonyl (C=O) groups is 9. The number of hydrogen-bond acceptors (Lipinski definition) is 18. The first-order chi connectivity index (χ1) is 66.4. The summed E-state index contributed by atoms with van der Waals surface area (Å²) in [6.07, 6.45) is 16.5. The van der Waals surface area contributed by atoms with Gasteiger partial charge in [-0.3, -0.25) is 19.3 Å². The molecular weight excluding hydrogens is 1750 g/mol. The molecule has 4 aliphatic heterocycles. The van der Waals surface area contributed by atoms with Crippen molar-refractivity contribution >= 4 is 75.7 Å². The predicted octanol–water partition coefficient (Wildman–Crippen LogP) is 19.2. The SMILES string of the molecule is COC(=O)NC(C(=O)N1[C@@H]2CC[C@@H](C2)[C@H]1c1ncc(-c2ccc(-c3ccc4cc(-c5cnc([C@@H]6CC7(CC7)CN6C(=O)[C@@H](NC(=O)OC)C(C)C)[nH]5)ccc4c3)cc2)[nH]1)c1ccccc1.COC(=O)N[C@@H](C(=O)O)c1ccccc1.COC(=O)N[C@H](C(=O)N1CC2(CC2)C[C@H]1c1ncc(-c2ccc3cc(-c4ccc(-c5cnc([C@@H]6[C@H]7CC[C@H](C7)N6C(=O)OC(C)(C)C)[nH]5)cc4)ccc3c2)[nH]1)C(C)C. The zero-order chi connectivity index (χ0) is 96.8. The van der Waals surface area contributed by atoms with Crippen LogP contribution in [0.1, 0.15) is 196 Å². The molecule has 8 aromatic carbocycles. The Hall–Kier alpha value is -14.7. The Morgan fingerprint density at radius 3 is 1.12 bits per heavy atom. The van der Waals surface area contributed by atoms with Gasteiger partial charge in [0.2, 0.25) is 11.8 Å². The van der Waals surface area contributed by atoms with E-state index < -0.39 is 60.1 Å². The van der Waals surface area contributed by atoms with Crippen molar-refractivity contribution < 1.29 is 71.9 Å². The topological polar surface area (TPSA) is 396 Å². The highest BCUT2D eigenvalue weighted by Crippen LogP contribution is 2.60. The Labute approximate surface area is 800 Å². The van der Waals surface area contributed by atoms with Crippen LogP contribution in [0.25, 0.3) is 88.8 Å². The van der Waals surface area contributed by atoms with Crippen molar-refractivity contribution in [2.45, 2.75) is 192 Å². The number of aromatic nitrogens is 8. The van der Waals surface area contributed by atoms with Crippen LogP contribution >= 0.6 is 0 Å². The van der Waals surface area contributed by atoms with Crippen molar-refractivity contribution in [1.29, 1.82) is 0 Å². The number of likely N-dealkylation sites (tertiary alicyclic amines) is 4. The van der Waals surface area contributed by atoms with Crippen LogP contribution < -0.4 is 21.3 Å². The number of aliphatic carboxylic acids is 1. The first-order valence-corrected chi connectivity index (χ1v) is 47.6. The van der Waals surface area contributed by atoms with Gasteiger partial charge in [-0.1, -0.05) is 185 Å². The zero-order valence-electron chi connectivity index (χ0n) is 79.4. The molecule has 716 valence electrons. The number of alkyl carbamates (subject to hydrolysis) is 4. The summed E-state index contributed by atoms with van der Waals surface area (Å²) in [6.45, 7) is 14.8. The Morgan fingerprint density at radius 1 is 0.399 bits per heavy atom. The number of carboxylic acid groups (broad SMARTS) is 1. The monoisotopic (exact) mass is 1870 g/mol. The molecule has 12 atom stereocenters. The van der Waals surface area contributed by atoms with Crippen LogP contribution in [-0.2, 0) is 42.9 Å². The van der Waals surface area contributed by atoms with E-state index in [0.717, 1.165) is 189 Å². The van der Waals surface area contributed by atoms with E-state index >= 15 is 0 Å². The molecule has 31 heteroatoms. The molecule has 0 radical (unpaired) electrons. The Kier molecular flexibility index (Phi) is 26.4. The second kappa shape index (κ2) is 38.9. The minimum absolute atomic E-state index is 0.0761. The molecule has 8 heterocycles. The van der Waals surface area contributed by atoms with Crippen molar-refractivity contribution in [1.82, 2.24) is 80.7 Å². The third-order valence-corrected chi connectivity index (χ3v) is 28.9. The van der Waals surface area contributed by atoms with Crippen molar-refractivity contribution in [2.75, 3.05) is 41.5 Å². The number of aromatic amines is 4. The lowest BCUT2D eigenvalue weighted by Crippen LogP contribution is -2.51. The second-order valence-corrected chi connectivity index (χ2v) is 39.8. The Bertz CT molecular complexity index is 6540. The number of amides is 8. The number of ether oxygens (including phenoxy) is 5. The molecule has 8 amide bonds. The van der Waals surface area contributed by atoms with E-state index in [4.69, 9.17) is 44.0 Å². The highest BCUT2D eigenvalue weighted by Gasteiger charge is 2.58. The van der Waals surface area contributed by atoms with Crippen molar-refractivity contribution in [3.8, 4) is 67.3 Å². The molecule has 4 aromatic heterocycles. The average Bonchev–Trinajstić information content (AvgIpc) is 1.59. The lowest BCUT2D eigenvalue weighted by molar-refractivity contribution is -0.140. The smallest absolute Gasteiger partial charge is 0.411 e. The normalized spacial score (nSPS) is 20.8. The van der Waals surface area contributed by atoms with Gasteiger partial charge >= 0.3 is 36.4 Å². The Morgan fingerprint density at radius 2 is 0.732 bits per heavy atom. The average molecular weight is 1870 g/mol. The maximum Gasteiger partial charge on any atom is 0.411 e. The predicted molar refractivity (Wildman–Crippen MR) is 519 cm³/mol. The summed E-state index contributed by atoms with van der Waals surface area (Å²) < 4.78 is 24.7. The first kappa shape index (κ1) is 93.7. The van der Waals surface area contributed by atoms with Crippen LogP contribution in [0, 0.1) is 34.5 Å². The summed E-state index contributed by atoms with van der Waals surface area (Å²) in [5, 5.41) is 23.9. The highest BCUT2D eigenvalue weighted by molar-refractivity contribution is 5.94. The van der Waals surface area contributed by atoms with Crippen LogP contribution in [0.4, 0.5) is 24.0 Å². The van der Waals surface area contributed by atoms with Crippen LogP contribution in [0.5, 0.6) is 0 Å². The minimum atomic E-state index is -1.13. The van der Waals surface area contributed by atoms with E-state index in [0.29, 0.717) is 30.1 Å². The number of hydrogen-bond donors (Lipinski definition) is 9. The molecule has 4 saturated heterocycles. The van der Waals surface area contributed by atoms with Crippen LogP contribution in [0.3, 0.4) is 0 Å². The van der Waals surface area contributed by atoms with Gasteiger partial charge in [-0.05, 0) is 223 Å². The molecule has 1 unspecified atom stereocenters. The summed E-state index contributed by atoms with van der Waals surface area (Å²) >= 11 is 0. The van der Waals surface area contributed by atoms with Crippen molar-refractivity contribution in [3.63, 3.8) is 0 Å². The molecule has 4 aliphatic carbocycles. The third kappa shape index (κ3) is 19.7. The molecular formula is C107H118N16O15. The summed E-state index contributed by atoms with van der Waals surface area (Å²) in [5.41, 5.74) is 12.9. The molecule has 8 aliphatic rings. The van der Waals surface area contributed by atoms with Gasteiger partial charge in [0.1, 0.15) is 47.0 Å². The number of benzene rings is 8. The highest BCUT2D eigenvalue weighted by atomic mass is 16.6. The number of methoxy groups -OCH3 is 4. The maximum atomic E-state index is 14.3. The maximum absolute atomic E-state index is 14.3. The fourth-order valence-corrected chi connectivity index (χ4v) is 21.3. The Balaban J connectivity index is 0.000000160. The molecule has 9 N–H and O–H groups in total. The van der Waals surface area contributed by atoms with Gasteiger partial charge in [-0.15, -0.1) is 0 Å². The lowest BCUT2D eigenvalue weighted by Gasteiger charge is -2.36. The molecule has 2 spiro atoms. The van der Waals surface area contributed by atoms with E-state index in [-0.39, 0.29) is 88.6 Å². The number of imidazole rings is 4. The van der Waals surface area contributed by atoms with Crippen LogP contribution in [0.15, 0.2) is 207 Å². The molecule has 31 nitrogen and oxygen atoms in total. The number of carboxylic acids is 1. The molecule has 138 heavy (non-hydrogen) atoms. The van der Waals surface area contributed by atoms with E-state index in [9.17, 15) is 43.2 Å². The fraction of sp³-hybridized carbons (Fsp3) is 0.393. The zero-order valence-corrected chi connectivity index (χ0v) is 79.4.